The number of hydrogen-bond acceptors (Lipinski definition) is 5. The van der Waals surface area contributed by atoms with Gasteiger partial charge in [0.25, 0.3) is 5.91 Å². The van der Waals surface area contributed by atoms with Gasteiger partial charge in [-0.3, -0.25) is 14.4 Å². The monoisotopic (exact) mass is 395 g/mol. The molecule has 7 heteroatoms. The third-order valence-electron chi connectivity index (χ3n) is 5.20. The number of carbonyl (C=O) groups is 1. The van der Waals surface area contributed by atoms with E-state index in [0.717, 1.165) is 30.3 Å². The number of likely N-dealkylation sites (tertiary alicyclic amines) is 1. The van der Waals surface area contributed by atoms with Gasteiger partial charge in [-0.05, 0) is 37.6 Å². The van der Waals surface area contributed by atoms with E-state index < -0.39 is 0 Å². The summed E-state index contributed by atoms with van der Waals surface area (Å²) in [4.78, 5) is 19.4. The fourth-order valence-corrected chi connectivity index (χ4v) is 4.53. The van der Waals surface area contributed by atoms with Gasteiger partial charge in [0.15, 0.2) is 0 Å². The zero-order valence-electron chi connectivity index (χ0n) is 16.0. The van der Waals surface area contributed by atoms with Crippen LogP contribution in [0.1, 0.15) is 45.5 Å². The van der Waals surface area contributed by atoms with Crippen LogP contribution >= 0.6 is 11.3 Å². The van der Waals surface area contributed by atoms with Crippen LogP contribution in [0.25, 0.3) is 0 Å². The molecule has 0 spiro atoms. The molecule has 146 valence electrons. The van der Waals surface area contributed by atoms with Crippen LogP contribution in [0.15, 0.2) is 48.0 Å². The molecule has 4 rings (SSSR count). The largest absolute Gasteiger partial charge is 0.346 e. The number of carbonyl (C=O) groups excluding carboxylic acids is 1. The van der Waals surface area contributed by atoms with Gasteiger partial charge in [0.05, 0.1) is 12.2 Å². The summed E-state index contributed by atoms with van der Waals surface area (Å²) in [5.41, 5.74) is 3.07. The lowest BCUT2D eigenvalue weighted by molar-refractivity contribution is 0.0951. The SMILES string of the molecule is Cn1nccc1C1CCCN(Cc2csc(CNC(=O)c3ccccc3)n2)C1. The summed E-state index contributed by atoms with van der Waals surface area (Å²) in [5, 5.41) is 10.3. The average Bonchev–Trinajstić information content (AvgIpc) is 3.36. The molecule has 0 aliphatic carbocycles. The molecule has 0 radical (unpaired) electrons. The maximum Gasteiger partial charge on any atom is 0.251 e. The summed E-state index contributed by atoms with van der Waals surface area (Å²) in [6.45, 7) is 3.47. The number of benzene rings is 1. The molecule has 1 atom stereocenters. The number of rotatable bonds is 6. The van der Waals surface area contributed by atoms with Crippen LogP contribution in [-0.4, -0.2) is 38.7 Å². The van der Waals surface area contributed by atoms with E-state index in [-0.39, 0.29) is 5.91 Å². The molecule has 0 saturated carbocycles. The van der Waals surface area contributed by atoms with Gasteiger partial charge in [0.1, 0.15) is 5.01 Å². The Labute approximate surface area is 169 Å². The van der Waals surface area contributed by atoms with Crippen molar-refractivity contribution in [3.8, 4) is 0 Å². The van der Waals surface area contributed by atoms with Crippen molar-refractivity contribution in [2.24, 2.45) is 7.05 Å². The molecule has 1 aliphatic heterocycles. The highest BCUT2D eigenvalue weighted by atomic mass is 32.1. The third-order valence-corrected chi connectivity index (χ3v) is 6.10. The zero-order chi connectivity index (χ0) is 19.3. The summed E-state index contributed by atoms with van der Waals surface area (Å²) >= 11 is 1.61. The van der Waals surface area contributed by atoms with E-state index in [1.165, 1.54) is 18.5 Å². The van der Waals surface area contributed by atoms with E-state index in [0.29, 0.717) is 18.0 Å². The number of thiazole rings is 1. The molecule has 1 unspecified atom stereocenters. The van der Waals surface area contributed by atoms with Crippen LogP contribution in [0.4, 0.5) is 0 Å². The molecule has 1 aliphatic rings. The maximum absolute atomic E-state index is 12.2. The third kappa shape index (κ3) is 4.48. The summed E-state index contributed by atoms with van der Waals surface area (Å²) in [6, 6.07) is 11.4. The Morgan fingerprint density at radius 3 is 2.93 bits per heavy atom. The number of nitrogens with zero attached hydrogens (tertiary/aromatic N) is 4. The topological polar surface area (TPSA) is 63.1 Å². The molecule has 1 amide bonds. The molecule has 6 nitrogen and oxygen atoms in total. The van der Waals surface area contributed by atoms with Gasteiger partial charge in [0, 0.05) is 48.9 Å². The summed E-state index contributed by atoms with van der Waals surface area (Å²) in [7, 11) is 2.02. The molecule has 1 aromatic carbocycles. The van der Waals surface area contributed by atoms with Gasteiger partial charge in [0.2, 0.25) is 0 Å². The number of aromatic nitrogens is 3. The van der Waals surface area contributed by atoms with Crippen LogP contribution in [0, 0.1) is 0 Å². The molecule has 3 aromatic rings. The lowest BCUT2D eigenvalue weighted by Gasteiger charge is -2.32. The lowest BCUT2D eigenvalue weighted by Crippen LogP contribution is -2.34. The molecule has 28 heavy (non-hydrogen) atoms. The minimum Gasteiger partial charge on any atom is -0.346 e. The highest BCUT2D eigenvalue weighted by Gasteiger charge is 2.23. The summed E-state index contributed by atoms with van der Waals surface area (Å²) in [6.07, 6.45) is 4.29. The average molecular weight is 396 g/mol. The predicted molar refractivity (Wildman–Crippen MR) is 110 cm³/mol. The van der Waals surface area contributed by atoms with E-state index >= 15 is 0 Å². The van der Waals surface area contributed by atoms with Gasteiger partial charge in [-0.2, -0.15) is 5.10 Å². The predicted octanol–water partition coefficient (Wildman–Crippen LogP) is 3.19. The van der Waals surface area contributed by atoms with E-state index in [1.54, 1.807) is 11.3 Å². The molecule has 1 saturated heterocycles. The second kappa shape index (κ2) is 8.67. The van der Waals surface area contributed by atoms with Crippen molar-refractivity contribution in [3.05, 3.63) is 69.9 Å². The van der Waals surface area contributed by atoms with Crippen molar-refractivity contribution in [1.29, 1.82) is 0 Å². The zero-order valence-corrected chi connectivity index (χ0v) is 16.9. The number of aryl methyl sites for hydroxylation is 1. The van der Waals surface area contributed by atoms with E-state index in [1.807, 2.05) is 48.3 Å². The first kappa shape index (κ1) is 18.8. The smallest absolute Gasteiger partial charge is 0.251 e. The van der Waals surface area contributed by atoms with E-state index in [9.17, 15) is 4.79 Å². The van der Waals surface area contributed by atoms with Gasteiger partial charge in [-0.15, -0.1) is 11.3 Å². The van der Waals surface area contributed by atoms with E-state index in [2.05, 4.69) is 26.8 Å². The Hall–Kier alpha value is -2.51. The Morgan fingerprint density at radius 2 is 2.14 bits per heavy atom. The fourth-order valence-electron chi connectivity index (χ4n) is 3.80. The number of piperidine rings is 1. The van der Waals surface area contributed by atoms with Crippen LogP contribution in [0.3, 0.4) is 0 Å². The van der Waals surface area contributed by atoms with Crippen molar-refractivity contribution in [1.82, 2.24) is 25.0 Å². The number of amides is 1. The maximum atomic E-state index is 12.2. The molecule has 0 bridgehead atoms. The molecular weight excluding hydrogens is 370 g/mol. The second-order valence-corrected chi connectivity index (χ2v) is 8.18. The van der Waals surface area contributed by atoms with Crippen LogP contribution < -0.4 is 5.32 Å². The van der Waals surface area contributed by atoms with Crippen LogP contribution in [-0.2, 0) is 20.1 Å². The molecule has 1 fully saturated rings. The van der Waals surface area contributed by atoms with Crippen molar-refractivity contribution in [3.63, 3.8) is 0 Å². The fraction of sp³-hybridized carbons (Fsp3) is 0.381. The summed E-state index contributed by atoms with van der Waals surface area (Å²) < 4.78 is 1.99. The van der Waals surface area contributed by atoms with Gasteiger partial charge in [-0.1, -0.05) is 18.2 Å². The van der Waals surface area contributed by atoms with Crippen LogP contribution in [0.5, 0.6) is 0 Å². The number of nitrogens with one attached hydrogen (secondary N) is 1. The highest BCUT2D eigenvalue weighted by Crippen LogP contribution is 2.27. The van der Waals surface area contributed by atoms with Gasteiger partial charge in [-0.25, -0.2) is 4.98 Å². The van der Waals surface area contributed by atoms with Gasteiger partial charge < -0.3 is 5.32 Å². The van der Waals surface area contributed by atoms with Crippen molar-refractivity contribution in [2.75, 3.05) is 13.1 Å². The molecule has 1 N–H and O–H groups in total. The number of hydrogen-bond donors (Lipinski definition) is 1. The molecule has 2 aromatic heterocycles. The minimum absolute atomic E-state index is 0.0626. The first-order valence-corrected chi connectivity index (χ1v) is 10.5. The molecule has 3 heterocycles. The minimum atomic E-state index is -0.0626. The Kier molecular flexibility index (Phi) is 5.83. The van der Waals surface area contributed by atoms with E-state index in [4.69, 9.17) is 4.98 Å². The highest BCUT2D eigenvalue weighted by molar-refractivity contribution is 7.09. The Bertz CT molecular complexity index is 920. The normalized spacial score (nSPS) is 17.5. The summed E-state index contributed by atoms with van der Waals surface area (Å²) in [5.74, 6) is 0.469. The second-order valence-electron chi connectivity index (χ2n) is 7.24. The Balaban J connectivity index is 1.31. The lowest BCUT2D eigenvalue weighted by atomic mass is 9.94. The Morgan fingerprint density at radius 1 is 1.29 bits per heavy atom. The van der Waals surface area contributed by atoms with Crippen molar-refractivity contribution >= 4 is 17.2 Å². The quantitative estimate of drug-likeness (QED) is 0.696. The first-order valence-electron chi connectivity index (χ1n) is 9.66. The van der Waals surface area contributed by atoms with Gasteiger partial charge >= 0.3 is 0 Å². The van der Waals surface area contributed by atoms with Crippen LogP contribution in [0.2, 0.25) is 0 Å². The molecular formula is C21H25N5OS. The van der Waals surface area contributed by atoms with Crippen molar-refractivity contribution < 1.29 is 4.79 Å². The van der Waals surface area contributed by atoms with Crippen molar-refractivity contribution in [2.45, 2.75) is 31.8 Å². The standard InChI is InChI=1S/C21H25N5OS/c1-25-19(9-10-23-25)17-8-5-11-26(13-17)14-18-15-28-20(24-18)12-22-21(27)16-6-3-2-4-7-16/h2-4,6-7,9-10,15,17H,5,8,11-14H2,1H3,(H,22,27). The first-order chi connectivity index (χ1) is 13.7.